The van der Waals surface area contributed by atoms with Gasteiger partial charge < -0.3 is 9.84 Å². The van der Waals surface area contributed by atoms with E-state index >= 15 is 0 Å². The Labute approximate surface area is 132 Å². The van der Waals surface area contributed by atoms with E-state index in [-0.39, 0.29) is 22.5 Å². The van der Waals surface area contributed by atoms with Gasteiger partial charge in [-0.25, -0.2) is 0 Å². The zero-order valence-corrected chi connectivity index (χ0v) is 13.8. The Morgan fingerprint density at radius 1 is 1.14 bits per heavy atom. The summed E-state index contributed by atoms with van der Waals surface area (Å²) in [7, 11) is 0. The molecule has 22 heavy (non-hydrogen) atoms. The molecule has 4 aliphatic carbocycles. The van der Waals surface area contributed by atoms with E-state index in [9.17, 15) is 9.90 Å². The molecule has 3 heteroatoms. The highest BCUT2D eigenvalue weighted by atomic mass is 16.6. The summed E-state index contributed by atoms with van der Waals surface area (Å²) in [6.45, 7) is 4.68. The number of aliphatic hydroxyl groups excluding tert-OH is 1. The molecule has 8 atom stereocenters. The molecule has 1 spiro atoms. The molecule has 1 aliphatic heterocycles. The predicted octanol–water partition coefficient (Wildman–Crippen LogP) is 3.09. The SMILES string of the molecule is C[C@]12CC[C@H]3[C@@H](C[C@@H]4O[C@@]45C[C@@H](O)CC[C@]35C)[C@H]1CCC2=O. The Kier molecular flexibility index (Phi) is 2.52. The lowest BCUT2D eigenvalue weighted by Gasteiger charge is -2.58. The molecule has 1 N–H and O–H groups in total. The average Bonchev–Trinajstić information content (AvgIpc) is 3.08. The highest BCUT2D eigenvalue weighted by Gasteiger charge is 2.76. The van der Waals surface area contributed by atoms with E-state index in [1.54, 1.807) is 0 Å². The minimum Gasteiger partial charge on any atom is -0.393 e. The van der Waals surface area contributed by atoms with Gasteiger partial charge in [0.1, 0.15) is 11.4 Å². The molecule has 1 saturated heterocycles. The number of ether oxygens (including phenoxy) is 1. The highest BCUT2D eigenvalue weighted by molar-refractivity contribution is 5.87. The standard InChI is InChI=1S/C19H28O3/c1-17-7-6-14-12(13(17)3-4-15(17)21)9-16-19(22-16)10-11(20)5-8-18(14,19)2/h11-14,16,20H,3-10H2,1-2H3/t11-,12-,13+,14-,16-,17-,18+,19-/m0/s1. The molecule has 1 heterocycles. The summed E-state index contributed by atoms with van der Waals surface area (Å²) >= 11 is 0. The molecule has 0 aromatic heterocycles. The van der Waals surface area contributed by atoms with Crippen molar-refractivity contribution in [3.05, 3.63) is 0 Å². The maximum Gasteiger partial charge on any atom is 0.139 e. The van der Waals surface area contributed by atoms with E-state index in [1.165, 1.54) is 6.42 Å². The van der Waals surface area contributed by atoms with Crippen LogP contribution >= 0.6 is 0 Å². The molecule has 5 fully saturated rings. The van der Waals surface area contributed by atoms with Crippen LogP contribution in [0.3, 0.4) is 0 Å². The summed E-state index contributed by atoms with van der Waals surface area (Å²) in [6, 6.07) is 0. The van der Waals surface area contributed by atoms with Gasteiger partial charge in [0.25, 0.3) is 0 Å². The number of Topliss-reactive ketones (excluding diaryl/α,β-unsaturated/α-hetero) is 1. The van der Waals surface area contributed by atoms with Gasteiger partial charge in [-0.1, -0.05) is 13.8 Å². The van der Waals surface area contributed by atoms with E-state index in [2.05, 4.69) is 13.8 Å². The third-order valence-electron chi connectivity index (χ3n) is 8.77. The summed E-state index contributed by atoms with van der Waals surface area (Å²) in [4.78, 5) is 12.4. The summed E-state index contributed by atoms with van der Waals surface area (Å²) in [6.07, 6.45) is 8.37. The van der Waals surface area contributed by atoms with Crippen molar-refractivity contribution in [1.29, 1.82) is 0 Å². The van der Waals surface area contributed by atoms with Crippen LogP contribution in [-0.2, 0) is 9.53 Å². The second kappa shape index (κ2) is 3.97. The van der Waals surface area contributed by atoms with Gasteiger partial charge >= 0.3 is 0 Å². The van der Waals surface area contributed by atoms with Gasteiger partial charge in [0.15, 0.2) is 0 Å². The van der Waals surface area contributed by atoms with Crippen LogP contribution < -0.4 is 0 Å². The zero-order chi connectivity index (χ0) is 15.3. The number of hydrogen-bond acceptors (Lipinski definition) is 3. The summed E-state index contributed by atoms with van der Waals surface area (Å²) in [5.41, 5.74) is 0.162. The predicted molar refractivity (Wildman–Crippen MR) is 82.2 cm³/mol. The van der Waals surface area contributed by atoms with Crippen molar-refractivity contribution in [2.45, 2.75) is 83.0 Å². The van der Waals surface area contributed by atoms with Gasteiger partial charge in [-0.3, -0.25) is 4.79 Å². The number of rotatable bonds is 0. The molecule has 0 aromatic carbocycles. The number of hydrogen-bond donors (Lipinski definition) is 1. The Morgan fingerprint density at radius 2 is 1.95 bits per heavy atom. The first kappa shape index (κ1) is 14.0. The van der Waals surface area contributed by atoms with Crippen molar-refractivity contribution in [2.24, 2.45) is 28.6 Å². The van der Waals surface area contributed by atoms with Crippen molar-refractivity contribution >= 4 is 5.78 Å². The smallest absolute Gasteiger partial charge is 0.139 e. The number of fused-ring (bicyclic) bond motifs is 4. The Morgan fingerprint density at radius 3 is 2.77 bits per heavy atom. The third kappa shape index (κ3) is 1.40. The van der Waals surface area contributed by atoms with Crippen molar-refractivity contribution in [1.82, 2.24) is 0 Å². The molecular formula is C19H28O3. The lowest BCUT2D eigenvalue weighted by atomic mass is 9.45. The van der Waals surface area contributed by atoms with E-state index < -0.39 is 0 Å². The van der Waals surface area contributed by atoms with Gasteiger partial charge in [0.2, 0.25) is 0 Å². The largest absolute Gasteiger partial charge is 0.393 e. The van der Waals surface area contributed by atoms with E-state index in [1.807, 2.05) is 0 Å². The Bertz CT molecular complexity index is 545. The average molecular weight is 304 g/mol. The van der Waals surface area contributed by atoms with Crippen LogP contribution in [0.15, 0.2) is 0 Å². The van der Waals surface area contributed by atoms with Crippen LogP contribution in [0.1, 0.15) is 65.2 Å². The van der Waals surface area contributed by atoms with Gasteiger partial charge in [-0.05, 0) is 56.3 Å². The topological polar surface area (TPSA) is 49.8 Å². The van der Waals surface area contributed by atoms with E-state index in [0.29, 0.717) is 29.6 Å². The first-order valence-corrected chi connectivity index (χ1v) is 9.30. The first-order chi connectivity index (χ1) is 10.4. The lowest BCUT2D eigenvalue weighted by molar-refractivity contribution is -0.138. The molecule has 4 saturated carbocycles. The van der Waals surface area contributed by atoms with Crippen LogP contribution in [0.5, 0.6) is 0 Å². The number of aliphatic hydroxyl groups is 1. The van der Waals surface area contributed by atoms with Gasteiger partial charge in [0.05, 0.1) is 12.2 Å². The Balaban J connectivity index is 1.53. The minimum absolute atomic E-state index is 0.0256. The number of carbonyl (C=O) groups is 1. The number of epoxide rings is 1. The molecule has 0 bridgehead atoms. The third-order valence-corrected chi connectivity index (χ3v) is 8.77. The van der Waals surface area contributed by atoms with Crippen molar-refractivity contribution in [2.75, 3.05) is 0 Å². The van der Waals surface area contributed by atoms with Crippen LogP contribution in [0, 0.1) is 28.6 Å². The highest BCUT2D eigenvalue weighted by Crippen LogP contribution is 2.72. The second-order valence-corrected chi connectivity index (χ2v) is 9.34. The molecule has 5 rings (SSSR count). The van der Waals surface area contributed by atoms with Gasteiger partial charge in [-0.2, -0.15) is 0 Å². The van der Waals surface area contributed by atoms with Gasteiger partial charge in [0, 0.05) is 23.7 Å². The van der Waals surface area contributed by atoms with E-state index in [4.69, 9.17) is 4.74 Å². The fourth-order valence-corrected chi connectivity index (χ4v) is 7.43. The second-order valence-electron chi connectivity index (χ2n) is 9.34. The van der Waals surface area contributed by atoms with Crippen molar-refractivity contribution in [3.8, 4) is 0 Å². The molecule has 0 radical (unpaired) electrons. The molecule has 3 nitrogen and oxygen atoms in total. The van der Waals surface area contributed by atoms with Gasteiger partial charge in [-0.15, -0.1) is 0 Å². The monoisotopic (exact) mass is 304 g/mol. The van der Waals surface area contributed by atoms with Crippen LogP contribution in [0.25, 0.3) is 0 Å². The van der Waals surface area contributed by atoms with Crippen LogP contribution in [0.2, 0.25) is 0 Å². The molecule has 5 aliphatic rings. The number of ketones is 1. The normalized spacial score (nSPS) is 62.7. The molecular weight excluding hydrogens is 276 g/mol. The maximum atomic E-state index is 12.4. The summed E-state index contributed by atoms with van der Waals surface area (Å²) in [5, 5.41) is 10.2. The molecule has 0 aromatic rings. The maximum absolute atomic E-state index is 12.4. The first-order valence-electron chi connectivity index (χ1n) is 9.30. The zero-order valence-electron chi connectivity index (χ0n) is 13.8. The Hall–Kier alpha value is -0.410. The van der Waals surface area contributed by atoms with Crippen LogP contribution in [-0.4, -0.2) is 28.7 Å². The fraction of sp³-hybridized carbons (Fsp3) is 0.947. The van der Waals surface area contributed by atoms with Crippen molar-refractivity contribution < 1.29 is 14.6 Å². The van der Waals surface area contributed by atoms with Crippen molar-refractivity contribution in [3.63, 3.8) is 0 Å². The quantitative estimate of drug-likeness (QED) is 0.700. The molecule has 122 valence electrons. The summed E-state index contributed by atoms with van der Waals surface area (Å²) in [5.74, 6) is 2.48. The van der Waals surface area contributed by atoms with E-state index in [0.717, 1.165) is 44.9 Å². The lowest BCUT2D eigenvalue weighted by Crippen LogP contribution is -2.58. The number of carbonyl (C=O) groups excluding carboxylic acids is 1. The fourth-order valence-electron chi connectivity index (χ4n) is 7.43. The molecule has 0 amide bonds. The minimum atomic E-state index is -0.170. The van der Waals surface area contributed by atoms with Crippen LogP contribution in [0.4, 0.5) is 0 Å². The summed E-state index contributed by atoms with van der Waals surface area (Å²) < 4.78 is 6.30. The molecule has 0 unspecified atom stereocenters.